The normalized spacial score (nSPS) is 24.7. The molecule has 6 aliphatic rings. The molecule has 0 bridgehead atoms. The third kappa shape index (κ3) is 6.37. The third-order valence-corrected chi connectivity index (χ3v) is 19.9. The van der Waals surface area contributed by atoms with E-state index < -0.39 is 0 Å². The summed E-state index contributed by atoms with van der Waals surface area (Å²) in [6.45, 7) is 29.3. The maximum atomic E-state index is 2.96. The zero-order valence-electron chi connectivity index (χ0n) is 45.9. The number of rotatable bonds is 4. The average Bonchev–Trinajstić information content (AvgIpc) is 3.78. The summed E-state index contributed by atoms with van der Waals surface area (Å²) in [6.07, 6.45) is 9.49. The van der Waals surface area contributed by atoms with E-state index in [0.717, 1.165) is 19.3 Å². The van der Waals surface area contributed by atoms with Crippen LogP contribution in [-0.4, -0.2) is 17.8 Å². The van der Waals surface area contributed by atoms with E-state index >= 15 is 0 Å². The average molecular weight is 958 g/mol. The van der Waals surface area contributed by atoms with Crippen molar-refractivity contribution in [2.45, 2.75) is 173 Å². The van der Waals surface area contributed by atoms with E-state index in [1.807, 2.05) is 0 Å². The summed E-state index contributed by atoms with van der Waals surface area (Å²) in [7, 11) is 0. The van der Waals surface area contributed by atoms with Crippen molar-refractivity contribution >= 4 is 62.9 Å². The Balaban J connectivity index is 1.16. The molecule has 0 aromatic heterocycles. The summed E-state index contributed by atoms with van der Waals surface area (Å²) in [5.74, 6) is 0. The number of hydrogen-bond acceptors (Lipinski definition) is 3. The lowest BCUT2D eigenvalue weighted by atomic mass is 9.33. The molecule has 4 unspecified atom stereocenters. The van der Waals surface area contributed by atoms with Crippen LogP contribution in [0.15, 0.2) is 146 Å². The van der Waals surface area contributed by atoms with Gasteiger partial charge in [0.2, 0.25) is 0 Å². The lowest BCUT2D eigenvalue weighted by molar-refractivity contribution is 0.195. The van der Waals surface area contributed by atoms with Crippen molar-refractivity contribution in [1.29, 1.82) is 0 Å². The predicted molar refractivity (Wildman–Crippen MR) is 313 cm³/mol. The van der Waals surface area contributed by atoms with Gasteiger partial charge >= 0.3 is 0 Å². The second-order valence-corrected chi connectivity index (χ2v) is 27.0. The number of anilines is 7. The minimum Gasteiger partial charge on any atom is -0.335 e. The number of fused-ring (bicyclic) bond motifs is 10. The molecule has 73 heavy (non-hydrogen) atoms. The Hall–Kier alpha value is -6.00. The minimum atomic E-state index is -0.226. The van der Waals surface area contributed by atoms with Gasteiger partial charge in [0, 0.05) is 50.6 Å². The molecule has 4 atom stereocenters. The second-order valence-electron chi connectivity index (χ2n) is 27.0. The van der Waals surface area contributed by atoms with Crippen molar-refractivity contribution in [3.63, 3.8) is 0 Å². The molecule has 370 valence electrons. The van der Waals surface area contributed by atoms with E-state index in [0.29, 0.717) is 0 Å². The Kier molecular flexibility index (Phi) is 9.95. The first-order valence-electron chi connectivity index (χ1n) is 28.0. The molecular formula is C69H76BN3. The van der Waals surface area contributed by atoms with Crippen LogP contribution in [0.4, 0.5) is 39.8 Å². The molecule has 0 N–H and O–H groups in total. The topological polar surface area (TPSA) is 9.72 Å². The highest BCUT2D eigenvalue weighted by Crippen LogP contribution is 2.66. The largest absolute Gasteiger partial charge is 0.335 e. The molecule has 4 heterocycles. The molecule has 13 rings (SSSR count). The second kappa shape index (κ2) is 15.5. The molecule has 2 saturated carbocycles. The molecule has 4 heteroatoms. The van der Waals surface area contributed by atoms with Crippen molar-refractivity contribution in [3.8, 4) is 11.1 Å². The highest BCUT2D eigenvalue weighted by Gasteiger charge is 2.64. The molecule has 3 nitrogen and oxygen atoms in total. The van der Waals surface area contributed by atoms with Crippen LogP contribution < -0.4 is 31.1 Å². The van der Waals surface area contributed by atoms with Crippen molar-refractivity contribution in [3.05, 3.63) is 179 Å². The van der Waals surface area contributed by atoms with E-state index in [1.54, 1.807) is 5.56 Å². The van der Waals surface area contributed by atoms with Gasteiger partial charge < -0.3 is 14.7 Å². The number of hydrogen-bond donors (Lipinski definition) is 0. The Morgan fingerprint density at radius 3 is 1.67 bits per heavy atom. The summed E-state index contributed by atoms with van der Waals surface area (Å²) in [5.41, 5.74) is 24.4. The van der Waals surface area contributed by atoms with Crippen molar-refractivity contribution in [1.82, 2.24) is 0 Å². The molecule has 0 radical (unpaired) electrons. The van der Waals surface area contributed by atoms with Crippen molar-refractivity contribution < 1.29 is 0 Å². The first-order chi connectivity index (χ1) is 34.7. The molecule has 2 fully saturated rings. The van der Waals surface area contributed by atoms with Gasteiger partial charge in [-0.15, -0.1) is 0 Å². The molecule has 4 aliphatic heterocycles. The fourth-order valence-corrected chi connectivity index (χ4v) is 15.7. The van der Waals surface area contributed by atoms with Gasteiger partial charge in [0.05, 0.1) is 11.1 Å². The standard InChI is InChI=1S/C69H76BN3/c1-63(2,3)47-27-31-51(32-28-47)71-58-34-30-50(65(7,8)9)42-55(58)70-56-40-46(45-23-15-13-16-24-45)39-54-62(56)73(67(11)36-20-19-35-66(54,67)10)60-44-52(43-59(71)61(60)70)72-57-33-29-49(64(4,5)6)41-53(57)69(48-25-17-14-18-26-48)38-22-21-37-68(69,72)12/h13-18,23-34,39-44H,19-22,35-38H2,1-12H3. The highest BCUT2D eigenvalue weighted by atomic mass is 15.3. The summed E-state index contributed by atoms with van der Waals surface area (Å²) >= 11 is 0. The van der Waals surface area contributed by atoms with Crippen LogP contribution in [0.2, 0.25) is 0 Å². The Morgan fingerprint density at radius 2 is 1.00 bits per heavy atom. The van der Waals surface area contributed by atoms with Gasteiger partial charge in [0.25, 0.3) is 6.71 Å². The summed E-state index contributed by atoms with van der Waals surface area (Å²) in [5, 5.41) is 0. The van der Waals surface area contributed by atoms with E-state index in [-0.39, 0.29) is 44.9 Å². The smallest absolute Gasteiger partial charge is 0.252 e. The molecule has 7 aromatic rings. The molecule has 0 amide bonds. The Bertz CT molecular complexity index is 3370. The number of nitrogens with zero attached hydrogens (tertiary/aromatic N) is 3. The minimum absolute atomic E-state index is 0.0169. The Labute approximate surface area is 438 Å². The lowest BCUT2D eigenvalue weighted by Crippen LogP contribution is -2.64. The molecule has 0 spiro atoms. The summed E-state index contributed by atoms with van der Waals surface area (Å²) in [4.78, 5) is 8.53. The van der Waals surface area contributed by atoms with Crippen molar-refractivity contribution in [2.75, 3.05) is 14.7 Å². The quantitative estimate of drug-likeness (QED) is 0.163. The van der Waals surface area contributed by atoms with Gasteiger partial charge in [-0.05, 0) is 159 Å². The van der Waals surface area contributed by atoms with Crippen LogP contribution in [0.5, 0.6) is 0 Å². The predicted octanol–water partition coefficient (Wildman–Crippen LogP) is 16.4. The van der Waals surface area contributed by atoms with Gasteiger partial charge in [0.1, 0.15) is 0 Å². The molecular weight excluding hydrogens is 882 g/mol. The fraction of sp³-hybridized carbons (Fsp3) is 0.391. The van der Waals surface area contributed by atoms with Crippen LogP contribution in [0.3, 0.4) is 0 Å². The van der Waals surface area contributed by atoms with Crippen LogP contribution in [0, 0.1) is 0 Å². The summed E-state index contributed by atoms with van der Waals surface area (Å²) in [6, 6.07) is 58.3. The number of benzene rings is 7. The first-order valence-corrected chi connectivity index (χ1v) is 28.0. The van der Waals surface area contributed by atoms with Gasteiger partial charge in [-0.25, -0.2) is 0 Å². The van der Waals surface area contributed by atoms with E-state index in [1.165, 1.54) is 127 Å². The van der Waals surface area contributed by atoms with Crippen LogP contribution in [0.25, 0.3) is 11.1 Å². The van der Waals surface area contributed by atoms with Crippen LogP contribution >= 0.6 is 0 Å². The highest BCUT2D eigenvalue weighted by molar-refractivity contribution is 7.00. The Morgan fingerprint density at radius 1 is 0.425 bits per heavy atom. The van der Waals surface area contributed by atoms with E-state index in [9.17, 15) is 0 Å². The zero-order valence-corrected chi connectivity index (χ0v) is 45.9. The fourth-order valence-electron chi connectivity index (χ4n) is 15.7. The summed E-state index contributed by atoms with van der Waals surface area (Å²) < 4.78 is 0. The van der Waals surface area contributed by atoms with E-state index in [4.69, 9.17) is 0 Å². The lowest BCUT2D eigenvalue weighted by Gasteiger charge is -2.54. The zero-order chi connectivity index (χ0) is 50.8. The molecule has 0 saturated heterocycles. The molecule has 7 aromatic carbocycles. The first kappa shape index (κ1) is 46.8. The maximum Gasteiger partial charge on any atom is 0.252 e. The third-order valence-electron chi connectivity index (χ3n) is 19.9. The van der Waals surface area contributed by atoms with Crippen molar-refractivity contribution in [2.24, 2.45) is 0 Å². The van der Waals surface area contributed by atoms with Gasteiger partial charge in [-0.2, -0.15) is 0 Å². The van der Waals surface area contributed by atoms with Gasteiger partial charge in [-0.1, -0.05) is 198 Å². The van der Waals surface area contributed by atoms with Gasteiger partial charge in [0.15, 0.2) is 0 Å². The van der Waals surface area contributed by atoms with Crippen LogP contribution in [-0.2, 0) is 27.1 Å². The monoisotopic (exact) mass is 958 g/mol. The molecule has 2 aliphatic carbocycles. The maximum absolute atomic E-state index is 2.96. The SMILES string of the molecule is CC(C)(C)c1ccc(N2c3ccc(C(C)(C)C)cc3B3c4cc(-c5ccccc5)cc5c4N(c4cc(N6c7ccc(C(C)(C)C)cc7C7(c8ccccc8)CCCCC67C)cc2c43)C2(C)CCCCC52C)cc1. The van der Waals surface area contributed by atoms with Gasteiger partial charge in [-0.3, -0.25) is 0 Å². The van der Waals surface area contributed by atoms with Crippen LogP contribution in [0.1, 0.15) is 168 Å². The van der Waals surface area contributed by atoms with E-state index in [2.05, 4.69) is 243 Å².